The van der Waals surface area contributed by atoms with Crippen molar-refractivity contribution in [2.24, 2.45) is 0 Å². The van der Waals surface area contributed by atoms with Gasteiger partial charge in [0.2, 0.25) is 0 Å². The Bertz CT molecular complexity index is 1170. The first-order valence-corrected chi connectivity index (χ1v) is 11.8. The first kappa shape index (κ1) is 25.0. The molecule has 0 amide bonds. The van der Waals surface area contributed by atoms with E-state index in [0.717, 1.165) is 11.3 Å². The van der Waals surface area contributed by atoms with E-state index < -0.39 is 6.10 Å². The van der Waals surface area contributed by atoms with E-state index in [1.807, 2.05) is 30.3 Å². The Labute approximate surface area is 209 Å². The van der Waals surface area contributed by atoms with E-state index in [2.05, 4.69) is 15.9 Å². The smallest absolute Gasteiger partial charge is 0.123 e. The van der Waals surface area contributed by atoms with Gasteiger partial charge >= 0.3 is 0 Å². The maximum absolute atomic E-state index is 13.3. The molecule has 1 heterocycles. The maximum Gasteiger partial charge on any atom is 0.123 e. The van der Waals surface area contributed by atoms with Gasteiger partial charge in [-0.15, -0.1) is 0 Å². The van der Waals surface area contributed by atoms with Crippen molar-refractivity contribution in [3.63, 3.8) is 0 Å². The summed E-state index contributed by atoms with van der Waals surface area (Å²) in [5, 5.41) is 30.3. The molecule has 0 bridgehead atoms. The second-order valence-electron chi connectivity index (χ2n) is 8.45. The highest BCUT2D eigenvalue weighted by Gasteiger charge is 2.31. The number of benzene rings is 3. The molecule has 2 atom stereocenters. The number of hydrogen-bond acceptors (Lipinski definition) is 6. The molecule has 3 aromatic rings. The fourth-order valence-electron chi connectivity index (χ4n) is 4.41. The maximum atomic E-state index is 13.3. The lowest BCUT2D eigenvalue weighted by Gasteiger charge is -2.44. The molecule has 0 radical (unpaired) electrons. The summed E-state index contributed by atoms with van der Waals surface area (Å²) < 4.78 is 18.8. The molecule has 2 N–H and O–H groups in total. The van der Waals surface area contributed by atoms with Gasteiger partial charge in [0.1, 0.15) is 24.2 Å². The molecule has 8 heteroatoms. The minimum Gasteiger partial charge on any atom is -0.491 e. The molecule has 4 rings (SSSR count). The molecule has 1 aliphatic rings. The summed E-state index contributed by atoms with van der Waals surface area (Å²) in [4.78, 5) is 4.37. The minimum absolute atomic E-state index is 0.0854. The Morgan fingerprint density at radius 2 is 1.83 bits per heavy atom. The molecular weight excluding hydrogens is 469 g/mol. The lowest BCUT2D eigenvalue weighted by molar-refractivity contribution is 0.100. The number of hydrogen-bond donors (Lipinski definition) is 2. The number of anilines is 1. The van der Waals surface area contributed by atoms with Gasteiger partial charge in [-0.3, -0.25) is 4.90 Å². The van der Waals surface area contributed by atoms with Crippen molar-refractivity contribution in [1.82, 2.24) is 4.90 Å². The molecule has 0 aliphatic carbocycles. The number of aliphatic hydroxyl groups excluding tert-OH is 2. The van der Waals surface area contributed by atoms with Gasteiger partial charge in [0, 0.05) is 31.2 Å². The van der Waals surface area contributed by atoms with E-state index in [4.69, 9.17) is 21.4 Å². The topological polar surface area (TPSA) is 80.0 Å². The van der Waals surface area contributed by atoms with E-state index in [-0.39, 0.29) is 25.1 Å². The first-order chi connectivity index (χ1) is 17.0. The number of nitriles is 1. The predicted molar refractivity (Wildman–Crippen MR) is 133 cm³/mol. The van der Waals surface area contributed by atoms with Gasteiger partial charge in [-0.2, -0.15) is 5.26 Å². The van der Waals surface area contributed by atoms with Crippen LogP contribution in [-0.2, 0) is 0 Å². The summed E-state index contributed by atoms with van der Waals surface area (Å²) in [6.07, 6.45) is -0.745. The van der Waals surface area contributed by atoms with Gasteiger partial charge in [0.25, 0.3) is 0 Å². The average molecular weight is 496 g/mol. The average Bonchev–Trinajstić information content (AvgIpc) is 2.88. The third-order valence-corrected chi connectivity index (χ3v) is 6.42. The van der Waals surface area contributed by atoms with E-state index in [9.17, 15) is 14.8 Å². The van der Waals surface area contributed by atoms with E-state index >= 15 is 0 Å². The number of halogens is 2. The summed E-state index contributed by atoms with van der Waals surface area (Å²) in [5.74, 6) is 0.196. The summed E-state index contributed by atoms with van der Waals surface area (Å²) in [6, 6.07) is 21.1. The van der Waals surface area contributed by atoms with E-state index in [0.29, 0.717) is 48.1 Å². The monoisotopic (exact) mass is 495 g/mol. The second-order valence-corrected chi connectivity index (χ2v) is 8.89. The largest absolute Gasteiger partial charge is 0.491 e. The van der Waals surface area contributed by atoms with Crippen molar-refractivity contribution in [3.8, 4) is 11.8 Å². The van der Waals surface area contributed by atoms with Crippen LogP contribution in [0.25, 0.3) is 0 Å². The Morgan fingerprint density at radius 3 is 2.51 bits per heavy atom. The molecule has 1 fully saturated rings. The third kappa shape index (κ3) is 6.11. The van der Waals surface area contributed by atoms with Crippen molar-refractivity contribution in [2.75, 3.05) is 44.3 Å². The molecule has 3 aromatic carbocycles. The number of nitrogens with zero attached hydrogens (tertiary/aromatic N) is 3. The normalized spacial score (nSPS) is 17.1. The van der Waals surface area contributed by atoms with Crippen molar-refractivity contribution >= 4 is 17.3 Å². The van der Waals surface area contributed by atoms with E-state index in [1.165, 1.54) is 12.1 Å². The van der Waals surface area contributed by atoms with Crippen LogP contribution in [0.4, 0.5) is 10.1 Å². The first-order valence-electron chi connectivity index (χ1n) is 11.4. The summed E-state index contributed by atoms with van der Waals surface area (Å²) in [6.45, 7) is 2.39. The van der Waals surface area contributed by atoms with Gasteiger partial charge in [0.05, 0.1) is 30.0 Å². The molecule has 0 aromatic heterocycles. The molecule has 1 saturated heterocycles. The number of aliphatic hydroxyl groups is 2. The van der Waals surface area contributed by atoms with Crippen molar-refractivity contribution in [2.45, 2.75) is 12.1 Å². The number of β-amino-alcohol motifs (C(OH)–C–C–N with tert-alkyl or cyclic N) is 1. The third-order valence-electron chi connectivity index (χ3n) is 6.16. The molecular formula is C27H27ClFN3O3. The van der Waals surface area contributed by atoms with Crippen LogP contribution < -0.4 is 9.64 Å². The van der Waals surface area contributed by atoms with Crippen molar-refractivity contribution < 1.29 is 19.3 Å². The number of ether oxygens (including phenoxy) is 1. The Morgan fingerprint density at radius 1 is 1.09 bits per heavy atom. The van der Waals surface area contributed by atoms with Crippen LogP contribution in [0, 0.1) is 17.1 Å². The SMILES string of the molecule is N#Cc1cc(OCCO)ccc1N1CCN(C[C@@H](O)c2ccc(F)cc2)C[C@H]1c1ccc(Cl)cc1. The van der Waals surface area contributed by atoms with Crippen LogP contribution in [0.3, 0.4) is 0 Å². The zero-order chi connectivity index (χ0) is 24.8. The Hall–Kier alpha value is -3.15. The zero-order valence-electron chi connectivity index (χ0n) is 19.1. The van der Waals surface area contributed by atoms with Crippen LogP contribution >= 0.6 is 11.6 Å². The predicted octanol–water partition coefficient (Wildman–Crippen LogP) is 4.32. The van der Waals surface area contributed by atoms with Crippen molar-refractivity contribution in [3.05, 3.63) is 94.3 Å². The lowest BCUT2D eigenvalue weighted by Crippen LogP contribution is -2.49. The highest BCUT2D eigenvalue weighted by atomic mass is 35.5. The Balaban J connectivity index is 1.59. The standard InChI is InChI=1S/C27H27ClFN3O3/c28-22-5-1-19(2-6-22)26-17-31(18-27(34)20-3-7-23(29)8-4-20)11-12-32(26)25-10-9-24(35-14-13-33)15-21(25)16-30/h1-10,15,26-27,33-34H,11-14,17-18H2/t26-,27+/m0/s1. The quantitative estimate of drug-likeness (QED) is 0.484. The number of rotatable bonds is 8. The van der Waals surface area contributed by atoms with Gasteiger partial charge in [0.15, 0.2) is 0 Å². The fraction of sp³-hybridized carbons (Fsp3) is 0.296. The van der Waals surface area contributed by atoms with Gasteiger partial charge in [-0.1, -0.05) is 35.9 Å². The van der Waals surface area contributed by atoms with Gasteiger partial charge in [-0.05, 0) is 53.6 Å². The highest BCUT2D eigenvalue weighted by molar-refractivity contribution is 6.30. The van der Waals surface area contributed by atoms with Crippen LogP contribution in [-0.4, -0.2) is 54.5 Å². The Kier molecular flexibility index (Phi) is 8.21. The number of piperazine rings is 1. The molecule has 6 nitrogen and oxygen atoms in total. The van der Waals surface area contributed by atoms with Crippen LogP contribution in [0.15, 0.2) is 66.7 Å². The van der Waals surface area contributed by atoms with Crippen LogP contribution in [0.5, 0.6) is 5.75 Å². The summed E-state index contributed by atoms with van der Waals surface area (Å²) >= 11 is 6.13. The molecule has 182 valence electrons. The minimum atomic E-state index is -0.745. The fourth-order valence-corrected chi connectivity index (χ4v) is 4.53. The van der Waals surface area contributed by atoms with E-state index in [1.54, 1.807) is 24.3 Å². The zero-order valence-corrected chi connectivity index (χ0v) is 19.9. The van der Waals surface area contributed by atoms with Crippen LogP contribution in [0.1, 0.15) is 28.8 Å². The lowest BCUT2D eigenvalue weighted by atomic mass is 9.99. The highest BCUT2D eigenvalue weighted by Crippen LogP contribution is 2.35. The summed E-state index contributed by atoms with van der Waals surface area (Å²) in [7, 11) is 0. The molecule has 0 spiro atoms. The molecule has 35 heavy (non-hydrogen) atoms. The van der Waals surface area contributed by atoms with Crippen molar-refractivity contribution in [1.29, 1.82) is 5.26 Å². The van der Waals surface area contributed by atoms with Gasteiger partial charge < -0.3 is 19.8 Å². The van der Waals surface area contributed by atoms with Gasteiger partial charge in [-0.25, -0.2) is 4.39 Å². The second kappa shape index (κ2) is 11.5. The summed E-state index contributed by atoms with van der Waals surface area (Å²) in [5.41, 5.74) is 2.99. The van der Waals surface area contributed by atoms with Crippen LogP contribution in [0.2, 0.25) is 5.02 Å². The molecule has 0 unspecified atom stereocenters. The molecule has 1 aliphatic heterocycles. The molecule has 0 saturated carbocycles.